The summed E-state index contributed by atoms with van der Waals surface area (Å²) >= 11 is 0. The number of allylic oxidation sites excluding steroid dienone is 1. The van der Waals surface area contributed by atoms with E-state index in [9.17, 15) is 5.21 Å². The molecule has 0 aromatic carbocycles. The molecule has 4 nitrogen and oxygen atoms in total. The van der Waals surface area contributed by atoms with Crippen LogP contribution in [0, 0.1) is 5.21 Å². The molecule has 1 rings (SSSR count). The molecule has 0 bridgehead atoms. The predicted molar refractivity (Wildman–Crippen MR) is 112 cm³/mol. The van der Waals surface area contributed by atoms with E-state index in [0.29, 0.717) is 6.54 Å². The summed E-state index contributed by atoms with van der Waals surface area (Å²) in [6.07, 6.45) is 23.8. The number of unbranched alkanes of at least 4 members (excludes halogenated alkanes) is 12. The van der Waals surface area contributed by atoms with Crippen LogP contribution < -0.4 is 0 Å². The van der Waals surface area contributed by atoms with Gasteiger partial charge in [-0.25, -0.2) is 0 Å². The predicted octanol–water partition coefficient (Wildman–Crippen LogP) is 5.50. The Hall–Kier alpha value is -1.03. The zero-order valence-electron chi connectivity index (χ0n) is 17.2. The van der Waals surface area contributed by atoms with E-state index in [-0.39, 0.29) is 0 Å². The number of nitrogens with zero attached hydrogens (tertiary/aromatic N) is 2. The van der Waals surface area contributed by atoms with Gasteiger partial charge in [-0.15, -0.1) is 0 Å². The van der Waals surface area contributed by atoms with Crippen LogP contribution >= 0.6 is 0 Å². The van der Waals surface area contributed by atoms with Crippen LogP contribution in [-0.2, 0) is 4.74 Å². The second-order valence-corrected chi connectivity index (χ2v) is 7.45. The Bertz CT molecular complexity index is 369. The summed E-state index contributed by atoms with van der Waals surface area (Å²) in [5, 5.41) is 11.0. The zero-order chi connectivity index (χ0) is 18.7. The minimum Gasteiger partial charge on any atom is -0.715 e. The molecule has 0 aromatic rings. The third-order valence-electron chi connectivity index (χ3n) is 5.02. The first-order valence-corrected chi connectivity index (χ1v) is 11.1. The van der Waals surface area contributed by atoms with Crippen molar-refractivity contribution in [3.8, 4) is 0 Å². The van der Waals surface area contributed by atoms with E-state index < -0.39 is 0 Å². The van der Waals surface area contributed by atoms with Crippen molar-refractivity contribution in [3.63, 3.8) is 0 Å². The van der Waals surface area contributed by atoms with Crippen LogP contribution in [0.15, 0.2) is 12.2 Å². The van der Waals surface area contributed by atoms with Gasteiger partial charge < -0.3 is 9.94 Å². The van der Waals surface area contributed by atoms with Gasteiger partial charge in [-0.2, -0.15) is 0 Å². The van der Waals surface area contributed by atoms with Gasteiger partial charge in [0.1, 0.15) is 19.6 Å². The molecule has 0 spiro atoms. The highest BCUT2D eigenvalue weighted by atomic mass is 16.5. The average molecular weight is 367 g/mol. The summed E-state index contributed by atoms with van der Waals surface area (Å²) in [7, 11) is 0. The van der Waals surface area contributed by atoms with Gasteiger partial charge >= 0.3 is 0 Å². The molecule has 26 heavy (non-hydrogen) atoms. The maximum atomic E-state index is 11.0. The normalized spacial score (nSPS) is 14.5. The molecule has 0 saturated heterocycles. The van der Waals surface area contributed by atoms with E-state index in [1.807, 2.05) is 0 Å². The van der Waals surface area contributed by atoms with Crippen LogP contribution in [0.4, 0.5) is 0 Å². The van der Waals surface area contributed by atoms with Crippen LogP contribution in [0.3, 0.4) is 0 Å². The average Bonchev–Trinajstić information content (AvgIpc) is 3.06. The van der Waals surface area contributed by atoms with Gasteiger partial charge in [-0.1, -0.05) is 70.3 Å². The van der Waals surface area contributed by atoms with Crippen LogP contribution in [0.25, 0.3) is 0 Å². The molecule has 0 aliphatic carbocycles. The molecule has 1 aliphatic heterocycles. The number of hydrogen-bond acceptors (Lipinski definition) is 3. The molecule has 152 valence electrons. The maximum absolute atomic E-state index is 11.0. The topological polar surface area (TPSA) is 38.5 Å². The number of ether oxygens (including phenoxy) is 1. The lowest BCUT2D eigenvalue weighted by Crippen LogP contribution is -2.19. The minimum absolute atomic E-state index is 0.613. The van der Waals surface area contributed by atoms with E-state index in [2.05, 4.69) is 24.0 Å². The van der Waals surface area contributed by atoms with Crippen LogP contribution in [-0.4, -0.2) is 48.8 Å². The largest absolute Gasteiger partial charge is 0.715 e. The van der Waals surface area contributed by atoms with Gasteiger partial charge in [0.05, 0.1) is 0 Å². The smallest absolute Gasteiger partial charge is 0.237 e. The lowest BCUT2D eigenvalue weighted by atomic mass is 10.0. The van der Waals surface area contributed by atoms with Crippen molar-refractivity contribution < 1.29 is 9.48 Å². The van der Waals surface area contributed by atoms with E-state index in [4.69, 9.17) is 4.74 Å². The molecular formula is C22H42N2O2. The Labute approximate surface area is 161 Å². The monoisotopic (exact) mass is 366 g/mol. The van der Waals surface area contributed by atoms with Gasteiger partial charge in [0, 0.05) is 13.2 Å². The Morgan fingerprint density at radius 2 is 1.46 bits per heavy atom. The van der Waals surface area contributed by atoms with E-state index in [1.54, 1.807) is 6.34 Å². The highest BCUT2D eigenvalue weighted by Crippen LogP contribution is 2.12. The fourth-order valence-electron chi connectivity index (χ4n) is 3.37. The molecule has 0 unspecified atom stereocenters. The van der Waals surface area contributed by atoms with Gasteiger partial charge in [0.2, 0.25) is 6.34 Å². The first kappa shape index (κ1) is 23.0. The molecule has 0 saturated carbocycles. The molecule has 0 aromatic heterocycles. The quantitative estimate of drug-likeness (QED) is 0.139. The number of hydroxylamine groups is 1. The Kier molecular flexibility index (Phi) is 15.4. The highest BCUT2D eigenvalue weighted by molar-refractivity contribution is 5.50. The molecule has 1 aliphatic rings. The van der Waals surface area contributed by atoms with Gasteiger partial charge in [-0.3, -0.25) is 9.64 Å². The van der Waals surface area contributed by atoms with Crippen LogP contribution in [0.5, 0.6) is 0 Å². The summed E-state index contributed by atoms with van der Waals surface area (Å²) in [6, 6.07) is 0. The fraction of sp³-hybridized carbons (Fsp3) is 0.864. The van der Waals surface area contributed by atoms with Crippen molar-refractivity contribution >= 4 is 6.34 Å². The first-order valence-electron chi connectivity index (χ1n) is 11.1. The van der Waals surface area contributed by atoms with Crippen molar-refractivity contribution in [1.29, 1.82) is 0 Å². The summed E-state index contributed by atoms with van der Waals surface area (Å²) in [4.78, 5) is 2.07. The summed E-state index contributed by atoms with van der Waals surface area (Å²) in [6.45, 7) is 6.23. The first-order chi connectivity index (χ1) is 12.8. The van der Waals surface area contributed by atoms with Crippen molar-refractivity contribution in [2.24, 2.45) is 0 Å². The van der Waals surface area contributed by atoms with E-state index in [1.165, 1.54) is 83.5 Å². The lowest BCUT2D eigenvalue weighted by Gasteiger charge is -2.03. The molecule has 0 atom stereocenters. The summed E-state index contributed by atoms with van der Waals surface area (Å²) < 4.78 is 6.37. The number of rotatable bonds is 18. The number of hydrogen-bond donors (Lipinski definition) is 0. The second-order valence-electron chi connectivity index (χ2n) is 7.45. The highest BCUT2D eigenvalue weighted by Gasteiger charge is 2.12. The van der Waals surface area contributed by atoms with E-state index in [0.717, 1.165) is 31.0 Å². The van der Waals surface area contributed by atoms with Crippen molar-refractivity contribution in [1.82, 2.24) is 4.90 Å². The zero-order valence-corrected chi connectivity index (χ0v) is 17.2. The molecular weight excluding hydrogens is 324 g/mol. The fourth-order valence-corrected chi connectivity index (χ4v) is 3.37. The Morgan fingerprint density at radius 3 is 2.00 bits per heavy atom. The lowest BCUT2D eigenvalue weighted by molar-refractivity contribution is -0.441. The summed E-state index contributed by atoms with van der Waals surface area (Å²) in [5.41, 5.74) is 0. The third kappa shape index (κ3) is 14.2. The third-order valence-corrected chi connectivity index (χ3v) is 5.02. The molecule has 0 radical (unpaired) electrons. The van der Waals surface area contributed by atoms with Crippen molar-refractivity contribution in [2.75, 3.05) is 32.8 Å². The van der Waals surface area contributed by atoms with Gasteiger partial charge in [-0.05, 0) is 32.3 Å². The Balaban J connectivity index is 1.71. The van der Waals surface area contributed by atoms with Gasteiger partial charge in [0.15, 0.2) is 0 Å². The molecule has 4 heteroatoms. The Morgan fingerprint density at radius 1 is 0.885 bits per heavy atom. The molecule has 0 fully saturated rings. The molecule has 0 amide bonds. The summed E-state index contributed by atoms with van der Waals surface area (Å²) in [5.74, 6) is 0. The van der Waals surface area contributed by atoms with E-state index >= 15 is 0 Å². The van der Waals surface area contributed by atoms with Gasteiger partial charge in [0.25, 0.3) is 0 Å². The van der Waals surface area contributed by atoms with Crippen LogP contribution in [0.2, 0.25) is 0 Å². The molecule has 1 heterocycles. The minimum atomic E-state index is 0.613. The maximum Gasteiger partial charge on any atom is 0.237 e. The standard InChI is InChI=1S/C22H42N2O2/c1-2-26-21-17-15-13-11-9-7-5-3-4-6-8-10-12-14-16-18-23-19-20-24(25)22-23/h14,16,22H,2-13,15,17-21H2,1H3. The van der Waals surface area contributed by atoms with Crippen molar-refractivity contribution in [3.05, 3.63) is 17.4 Å². The SMILES string of the molecule is CCOCCCCCCCCCCCCCCC=CCN1C=[N+]([O-])CC1. The van der Waals surface area contributed by atoms with Crippen LogP contribution in [0.1, 0.15) is 90.4 Å². The van der Waals surface area contributed by atoms with Crippen molar-refractivity contribution in [2.45, 2.75) is 90.4 Å². The molecule has 0 N–H and O–H groups in total. The second kappa shape index (κ2) is 17.4.